The maximum absolute atomic E-state index is 12.7. The lowest BCUT2D eigenvalue weighted by Crippen LogP contribution is -2.36. The van der Waals surface area contributed by atoms with Crippen molar-refractivity contribution in [3.8, 4) is 0 Å². The van der Waals surface area contributed by atoms with Gasteiger partial charge in [-0.05, 0) is 43.9 Å². The predicted molar refractivity (Wildman–Crippen MR) is 80.3 cm³/mol. The van der Waals surface area contributed by atoms with Gasteiger partial charge in [0.25, 0.3) is 5.91 Å². The quantitative estimate of drug-likeness (QED) is 0.857. The van der Waals surface area contributed by atoms with Crippen LogP contribution in [-0.4, -0.2) is 30.4 Å². The third-order valence-corrected chi connectivity index (χ3v) is 3.20. The number of carbonyl (C=O) groups excluding carboxylic acids is 1. The molecule has 0 unspecified atom stereocenters. The number of hydrogen-bond donors (Lipinski definition) is 1. The number of nitrogens with two attached hydrogens (primary N) is 1. The molecule has 0 radical (unpaired) electrons. The van der Waals surface area contributed by atoms with Crippen molar-refractivity contribution in [2.24, 2.45) is 11.7 Å². The molecule has 0 fully saturated rings. The molecule has 1 aromatic carbocycles. The van der Waals surface area contributed by atoms with E-state index in [4.69, 9.17) is 5.73 Å². The number of aryl methyl sites for hydroxylation is 2. The van der Waals surface area contributed by atoms with Crippen molar-refractivity contribution in [1.29, 1.82) is 0 Å². The average Bonchev–Trinajstić information content (AvgIpc) is 2.33. The number of hydrogen-bond acceptors (Lipinski definition) is 2. The van der Waals surface area contributed by atoms with Crippen LogP contribution < -0.4 is 5.73 Å². The molecule has 0 saturated carbocycles. The molecule has 3 nitrogen and oxygen atoms in total. The summed E-state index contributed by atoms with van der Waals surface area (Å²) in [6.45, 7) is 10.4. The average molecular weight is 262 g/mol. The van der Waals surface area contributed by atoms with Crippen LogP contribution in [0.4, 0.5) is 0 Å². The van der Waals surface area contributed by atoms with Gasteiger partial charge in [-0.15, -0.1) is 0 Å². The minimum absolute atomic E-state index is 0.137. The fourth-order valence-corrected chi connectivity index (χ4v) is 2.31. The first kappa shape index (κ1) is 15.7. The van der Waals surface area contributed by atoms with E-state index in [2.05, 4.69) is 13.8 Å². The molecular weight excluding hydrogens is 236 g/mol. The molecule has 0 saturated heterocycles. The molecule has 106 valence electrons. The van der Waals surface area contributed by atoms with Gasteiger partial charge >= 0.3 is 0 Å². The maximum Gasteiger partial charge on any atom is 0.254 e. The molecule has 0 atom stereocenters. The summed E-state index contributed by atoms with van der Waals surface area (Å²) in [5, 5.41) is 0. The smallest absolute Gasteiger partial charge is 0.254 e. The van der Waals surface area contributed by atoms with Gasteiger partial charge in [-0.1, -0.05) is 32.0 Å². The second kappa shape index (κ2) is 7.29. The van der Waals surface area contributed by atoms with Gasteiger partial charge in [0.15, 0.2) is 0 Å². The van der Waals surface area contributed by atoms with Gasteiger partial charge in [-0.25, -0.2) is 0 Å². The van der Waals surface area contributed by atoms with Crippen LogP contribution in [0.5, 0.6) is 0 Å². The van der Waals surface area contributed by atoms with Gasteiger partial charge in [-0.2, -0.15) is 0 Å². The number of carbonyl (C=O) groups is 1. The Balaban J connectivity index is 2.97. The highest BCUT2D eigenvalue weighted by Gasteiger charge is 2.19. The first-order valence-electron chi connectivity index (χ1n) is 7.03. The van der Waals surface area contributed by atoms with Crippen LogP contribution in [-0.2, 0) is 0 Å². The molecule has 1 amide bonds. The lowest BCUT2D eigenvalue weighted by atomic mass is 10.0. The Morgan fingerprint density at radius 1 is 1.26 bits per heavy atom. The second-order valence-corrected chi connectivity index (χ2v) is 5.55. The van der Waals surface area contributed by atoms with Crippen LogP contribution in [0.1, 0.15) is 41.8 Å². The fraction of sp³-hybridized carbons (Fsp3) is 0.562. The van der Waals surface area contributed by atoms with Gasteiger partial charge in [-0.3, -0.25) is 4.79 Å². The molecule has 0 bridgehead atoms. The summed E-state index contributed by atoms with van der Waals surface area (Å²) in [7, 11) is 0. The number of rotatable bonds is 6. The maximum atomic E-state index is 12.7. The number of nitrogens with zero attached hydrogens (tertiary/aromatic N) is 1. The van der Waals surface area contributed by atoms with Crippen molar-refractivity contribution in [1.82, 2.24) is 4.90 Å². The number of benzene rings is 1. The third-order valence-electron chi connectivity index (χ3n) is 3.20. The van der Waals surface area contributed by atoms with Crippen molar-refractivity contribution in [2.75, 3.05) is 19.6 Å². The summed E-state index contributed by atoms with van der Waals surface area (Å²) in [6, 6.07) is 5.99. The van der Waals surface area contributed by atoms with Crippen LogP contribution >= 0.6 is 0 Å². The molecular formula is C16H26N2O. The van der Waals surface area contributed by atoms with Gasteiger partial charge in [0.1, 0.15) is 0 Å². The van der Waals surface area contributed by atoms with Crippen molar-refractivity contribution in [3.63, 3.8) is 0 Å². The predicted octanol–water partition coefficient (Wildman–Crippen LogP) is 2.75. The number of amides is 1. The summed E-state index contributed by atoms with van der Waals surface area (Å²) < 4.78 is 0. The van der Waals surface area contributed by atoms with E-state index in [-0.39, 0.29) is 5.91 Å². The summed E-state index contributed by atoms with van der Waals surface area (Å²) in [5.74, 6) is 0.601. The topological polar surface area (TPSA) is 46.3 Å². The summed E-state index contributed by atoms with van der Waals surface area (Å²) in [6.07, 6.45) is 0.851. The van der Waals surface area contributed by atoms with Crippen molar-refractivity contribution >= 4 is 5.91 Å². The Kier molecular flexibility index (Phi) is 6.03. The summed E-state index contributed by atoms with van der Waals surface area (Å²) in [5.41, 5.74) is 8.51. The fourth-order valence-electron chi connectivity index (χ4n) is 2.31. The Labute approximate surface area is 116 Å². The lowest BCUT2D eigenvalue weighted by Gasteiger charge is -2.26. The van der Waals surface area contributed by atoms with Gasteiger partial charge < -0.3 is 10.6 Å². The van der Waals surface area contributed by atoms with E-state index >= 15 is 0 Å². The zero-order chi connectivity index (χ0) is 14.4. The highest BCUT2D eigenvalue weighted by molar-refractivity contribution is 5.97. The van der Waals surface area contributed by atoms with Crippen LogP contribution in [0.3, 0.4) is 0 Å². The molecule has 0 heterocycles. The molecule has 1 aromatic rings. The zero-order valence-electron chi connectivity index (χ0n) is 12.6. The molecule has 19 heavy (non-hydrogen) atoms. The van der Waals surface area contributed by atoms with Crippen molar-refractivity contribution in [2.45, 2.75) is 34.1 Å². The standard InChI is InChI=1S/C16H26N2O/c1-12(2)11-18(10-6-9-17)16(19)15-13(3)7-5-8-14(15)4/h5,7-8,12H,6,9-11,17H2,1-4H3. The van der Waals surface area contributed by atoms with E-state index in [1.165, 1.54) is 0 Å². The van der Waals surface area contributed by atoms with Crippen molar-refractivity contribution in [3.05, 3.63) is 34.9 Å². The van der Waals surface area contributed by atoms with Crippen LogP contribution in [0.2, 0.25) is 0 Å². The van der Waals surface area contributed by atoms with Gasteiger partial charge in [0, 0.05) is 18.7 Å². The van der Waals surface area contributed by atoms with E-state index in [1.807, 2.05) is 36.9 Å². The van der Waals surface area contributed by atoms with E-state index in [0.717, 1.165) is 36.2 Å². The molecule has 1 rings (SSSR count). The largest absolute Gasteiger partial charge is 0.338 e. The monoisotopic (exact) mass is 262 g/mol. The first-order chi connectivity index (χ1) is 8.97. The highest BCUT2D eigenvalue weighted by Crippen LogP contribution is 2.17. The summed E-state index contributed by atoms with van der Waals surface area (Å²) in [4.78, 5) is 14.7. The van der Waals surface area contributed by atoms with Gasteiger partial charge in [0.05, 0.1) is 0 Å². The normalized spacial score (nSPS) is 10.8. The Morgan fingerprint density at radius 2 is 1.84 bits per heavy atom. The Bertz CT molecular complexity index is 407. The Morgan fingerprint density at radius 3 is 2.32 bits per heavy atom. The van der Waals surface area contributed by atoms with E-state index in [9.17, 15) is 4.79 Å². The van der Waals surface area contributed by atoms with Crippen LogP contribution in [0.15, 0.2) is 18.2 Å². The second-order valence-electron chi connectivity index (χ2n) is 5.55. The van der Waals surface area contributed by atoms with E-state index in [1.54, 1.807) is 0 Å². The highest BCUT2D eigenvalue weighted by atomic mass is 16.2. The third kappa shape index (κ3) is 4.35. The van der Waals surface area contributed by atoms with Crippen LogP contribution in [0.25, 0.3) is 0 Å². The molecule has 0 aliphatic heterocycles. The molecule has 3 heteroatoms. The molecule has 2 N–H and O–H groups in total. The Hall–Kier alpha value is -1.35. The van der Waals surface area contributed by atoms with Crippen molar-refractivity contribution < 1.29 is 4.79 Å². The molecule has 0 aromatic heterocycles. The van der Waals surface area contributed by atoms with Gasteiger partial charge in [0.2, 0.25) is 0 Å². The van der Waals surface area contributed by atoms with E-state index in [0.29, 0.717) is 12.5 Å². The minimum Gasteiger partial charge on any atom is -0.338 e. The van der Waals surface area contributed by atoms with Crippen LogP contribution in [0, 0.1) is 19.8 Å². The van der Waals surface area contributed by atoms with E-state index < -0.39 is 0 Å². The SMILES string of the molecule is Cc1cccc(C)c1C(=O)N(CCCN)CC(C)C. The zero-order valence-corrected chi connectivity index (χ0v) is 12.6. The summed E-state index contributed by atoms with van der Waals surface area (Å²) >= 11 is 0. The first-order valence-corrected chi connectivity index (χ1v) is 7.03. The molecule has 0 spiro atoms. The molecule has 0 aliphatic rings. The lowest BCUT2D eigenvalue weighted by molar-refractivity contribution is 0.0733. The minimum atomic E-state index is 0.137. The molecule has 0 aliphatic carbocycles.